The average Bonchev–Trinajstić information content (AvgIpc) is 2.50. The van der Waals surface area contributed by atoms with Gasteiger partial charge in [0.15, 0.2) is 0 Å². The minimum atomic E-state index is -0.451. The van der Waals surface area contributed by atoms with Crippen molar-refractivity contribution in [2.24, 2.45) is 0 Å². The zero-order chi connectivity index (χ0) is 16.1. The van der Waals surface area contributed by atoms with Gasteiger partial charge < -0.3 is 5.32 Å². The van der Waals surface area contributed by atoms with Crippen LogP contribution in [0.5, 0.6) is 0 Å². The summed E-state index contributed by atoms with van der Waals surface area (Å²) in [6.07, 6.45) is 1.56. The van der Waals surface area contributed by atoms with Crippen LogP contribution in [0, 0.1) is 25.2 Å². The normalized spacial score (nSPS) is 10.9. The number of anilines is 1. The highest BCUT2D eigenvalue weighted by Gasteiger charge is 2.11. The van der Waals surface area contributed by atoms with Gasteiger partial charge in [0.1, 0.15) is 11.6 Å². The molecule has 0 heterocycles. The average molecular weight is 311 g/mol. The molecule has 0 unspecified atom stereocenters. The van der Waals surface area contributed by atoms with Gasteiger partial charge in [0.25, 0.3) is 5.91 Å². The molecule has 2 aromatic carbocycles. The predicted octanol–water partition coefficient (Wildman–Crippen LogP) is 4.50. The number of nitrogens with one attached hydrogen (secondary N) is 1. The molecule has 0 radical (unpaired) electrons. The number of halogens is 1. The number of aryl methyl sites for hydroxylation is 2. The van der Waals surface area contributed by atoms with Crippen molar-refractivity contribution >= 4 is 29.3 Å². The van der Waals surface area contributed by atoms with Crippen molar-refractivity contribution in [3.63, 3.8) is 0 Å². The van der Waals surface area contributed by atoms with Crippen LogP contribution in [0.1, 0.15) is 16.7 Å². The maximum absolute atomic E-state index is 12.2. The van der Waals surface area contributed by atoms with Crippen LogP contribution in [0.15, 0.2) is 48.0 Å². The number of benzene rings is 2. The van der Waals surface area contributed by atoms with E-state index in [2.05, 4.69) is 5.32 Å². The lowest BCUT2D eigenvalue weighted by Gasteiger charge is -2.08. The van der Waals surface area contributed by atoms with Crippen molar-refractivity contribution in [1.82, 2.24) is 0 Å². The van der Waals surface area contributed by atoms with Crippen LogP contribution in [-0.2, 0) is 4.79 Å². The molecule has 0 aromatic heterocycles. The van der Waals surface area contributed by atoms with Gasteiger partial charge in [0.05, 0.1) is 0 Å². The molecule has 2 aromatic rings. The number of nitriles is 1. The zero-order valence-electron chi connectivity index (χ0n) is 12.4. The van der Waals surface area contributed by atoms with Gasteiger partial charge in [0.2, 0.25) is 0 Å². The zero-order valence-corrected chi connectivity index (χ0v) is 13.1. The van der Waals surface area contributed by atoms with E-state index in [9.17, 15) is 10.1 Å². The van der Waals surface area contributed by atoms with E-state index in [0.717, 1.165) is 16.7 Å². The van der Waals surface area contributed by atoms with Gasteiger partial charge in [-0.3, -0.25) is 4.79 Å². The van der Waals surface area contributed by atoms with Crippen molar-refractivity contribution in [2.45, 2.75) is 13.8 Å². The highest BCUT2D eigenvalue weighted by molar-refractivity contribution is 6.31. The van der Waals surface area contributed by atoms with Crippen LogP contribution in [-0.4, -0.2) is 5.91 Å². The molecule has 3 nitrogen and oxygen atoms in total. The van der Waals surface area contributed by atoms with Gasteiger partial charge in [-0.2, -0.15) is 5.26 Å². The van der Waals surface area contributed by atoms with Crippen molar-refractivity contribution < 1.29 is 4.79 Å². The second-order valence-corrected chi connectivity index (χ2v) is 5.43. The highest BCUT2D eigenvalue weighted by Crippen LogP contribution is 2.21. The third-order valence-electron chi connectivity index (χ3n) is 3.20. The van der Waals surface area contributed by atoms with E-state index in [0.29, 0.717) is 10.7 Å². The smallest absolute Gasteiger partial charge is 0.266 e. The van der Waals surface area contributed by atoms with Crippen molar-refractivity contribution in [2.75, 3.05) is 5.32 Å². The third kappa shape index (κ3) is 3.97. The van der Waals surface area contributed by atoms with E-state index >= 15 is 0 Å². The molecule has 1 amide bonds. The fraction of sp³-hybridized carbons (Fsp3) is 0.111. The summed E-state index contributed by atoms with van der Waals surface area (Å²) in [5.74, 6) is -0.451. The fourth-order valence-corrected chi connectivity index (χ4v) is 2.07. The second kappa shape index (κ2) is 6.93. The van der Waals surface area contributed by atoms with Crippen LogP contribution < -0.4 is 5.32 Å². The Morgan fingerprint density at radius 3 is 2.50 bits per heavy atom. The molecule has 0 atom stereocenters. The molecule has 2 rings (SSSR count). The van der Waals surface area contributed by atoms with Gasteiger partial charge >= 0.3 is 0 Å². The van der Waals surface area contributed by atoms with Crippen molar-refractivity contribution in [1.29, 1.82) is 5.26 Å². The fourth-order valence-electron chi connectivity index (χ4n) is 1.90. The maximum atomic E-state index is 12.2. The Morgan fingerprint density at radius 1 is 1.18 bits per heavy atom. The number of amides is 1. The first-order valence-corrected chi connectivity index (χ1v) is 7.13. The summed E-state index contributed by atoms with van der Waals surface area (Å²) in [6.45, 7) is 3.84. The predicted molar refractivity (Wildman–Crippen MR) is 89.6 cm³/mol. The van der Waals surface area contributed by atoms with Crippen molar-refractivity contribution in [3.8, 4) is 6.07 Å². The number of hydrogen-bond donors (Lipinski definition) is 1. The summed E-state index contributed by atoms with van der Waals surface area (Å²) < 4.78 is 0. The minimum absolute atomic E-state index is 0.0447. The topological polar surface area (TPSA) is 52.9 Å². The van der Waals surface area contributed by atoms with E-state index < -0.39 is 5.91 Å². The van der Waals surface area contributed by atoms with Crippen LogP contribution in [0.25, 0.3) is 6.08 Å². The van der Waals surface area contributed by atoms with Gasteiger partial charge in [-0.05, 0) is 43.2 Å². The standard InChI is InChI=1S/C18H15ClN2O/c1-12-3-6-14(7-4-12)9-15(11-20)18(22)21-17-10-16(19)8-5-13(17)2/h3-10H,1-2H3,(H,21,22)/b15-9+. The Morgan fingerprint density at radius 2 is 1.86 bits per heavy atom. The molecule has 0 aliphatic carbocycles. The number of rotatable bonds is 3. The summed E-state index contributed by atoms with van der Waals surface area (Å²) in [5.41, 5.74) is 3.45. The van der Waals surface area contributed by atoms with E-state index in [1.807, 2.05) is 50.2 Å². The number of carbonyl (C=O) groups excluding carboxylic acids is 1. The first-order valence-electron chi connectivity index (χ1n) is 6.75. The summed E-state index contributed by atoms with van der Waals surface area (Å²) in [4.78, 5) is 12.2. The Labute approximate surface area is 134 Å². The van der Waals surface area contributed by atoms with Gasteiger partial charge in [0, 0.05) is 10.7 Å². The lowest BCUT2D eigenvalue weighted by atomic mass is 10.1. The Kier molecular flexibility index (Phi) is 4.98. The van der Waals surface area contributed by atoms with Gasteiger partial charge in [-0.15, -0.1) is 0 Å². The summed E-state index contributed by atoms with van der Waals surface area (Å²) in [7, 11) is 0. The molecule has 1 N–H and O–H groups in total. The van der Waals surface area contributed by atoms with Gasteiger partial charge in [-0.1, -0.05) is 47.5 Å². The summed E-state index contributed by atoms with van der Waals surface area (Å²) in [6, 6.07) is 14.8. The largest absolute Gasteiger partial charge is 0.321 e. The Bertz CT molecular complexity index is 771. The van der Waals surface area contributed by atoms with Crippen LogP contribution in [0.2, 0.25) is 5.02 Å². The molecule has 0 aliphatic heterocycles. The third-order valence-corrected chi connectivity index (χ3v) is 3.44. The molecule has 110 valence electrons. The molecular formula is C18H15ClN2O. The first-order chi connectivity index (χ1) is 10.5. The highest BCUT2D eigenvalue weighted by atomic mass is 35.5. The summed E-state index contributed by atoms with van der Waals surface area (Å²) in [5, 5.41) is 12.5. The van der Waals surface area contributed by atoms with E-state index in [1.54, 1.807) is 18.2 Å². The van der Waals surface area contributed by atoms with Crippen LogP contribution in [0.3, 0.4) is 0 Å². The van der Waals surface area contributed by atoms with Crippen LogP contribution in [0.4, 0.5) is 5.69 Å². The molecular weight excluding hydrogens is 296 g/mol. The molecule has 4 heteroatoms. The number of hydrogen-bond acceptors (Lipinski definition) is 2. The monoisotopic (exact) mass is 310 g/mol. The number of carbonyl (C=O) groups is 1. The van der Waals surface area contributed by atoms with Gasteiger partial charge in [-0.25, -0.2) is 0 Å². The van der Waals surface area contributed by atoms with E-state index in [-0.39, 0.29) is 5.57 Å². The molecule has 0 saturated carbocycles. The molecule has 0 saturated heterocycles. The minimum Gasteiger partial charge on any atom is -0.321 e. The lowest BCUT2D eigenvalue weighted by molar-refractivity contribution is -0.112. The van der Waals surface area contributed by atoms with E-state index in [4.69, 9.17) is 11.6 Å². The second-order valence-electron chi connectivity index (χ2n) is 4.99. The molecule has 22 heavy (non-hydrogen) atoms. The first kappa shape index (κ1) is 15.8. The Hall–Kier alpha value is -2.57. The lowest BCUT2D eigenvalue weighted by Crippen LogP contribution is -2.14. The number of nitrogens with zero attached hydrogens (tertiary/aromatic N) is 1. The quantitative estimate of drug-likeness (QED) is 0.670. The van der Waals surface area contributed by atoms with E-state index in [1.165, 1.54) is 0 Å². The van der Waals surface area contributed by atoms with Crippen molar-refractivity contribution in [3.05, 3.63) is 69.8 Å². The SMILES string of the molecule is Cc1ccc(/C=C(\C#N)C(=O)Nc2cc(Cl)ccc2C)cc1. The Balaban J connectivity index is 2.24. The molecule has 0 bridgehead atoms. The maximum Gasteiger partial charge on any atom is 0.266 e. The molecule has 0 fully saturated rings. The van der Waals surface area contributed by atoms with Crippen LogP contribution >= 0.6 is 11.6 Å². The summed E-state index contributed by atoms with van der Waals surface area (Å²) >= 11 is 5.93. The molecule has 0 spiro atoms. The molecule has 0 aliphatic rings.